The fraction of sp³-hybridized carbons (Fsp3) is 0.333. The molecule has 0 spiro atoms. The number of nitrogens with two attached hydrogens (primary N) is 1. The van der Waals surface area contributed by atoms with Gasteiger partial charge in [0.2, 0.25) is 0 Å². The Kier molecular flexibility index (Phi) is 2.65. The molecule has 1 aromatic rings. The summed E-state index contributed by atoms with van der Waals surface area (Å²) in [6.07, 6.45) is 0. The van der Waals surface area contributed by atoms with Crippen LogP contribution in [0.2, 0.25) is 0 Å². The van der Waals surface area contributed by atoms with Gasteiger partial charge in [-0.3, -0.25) is 0 Å². The first kappa shape index (κ1) is 9.00. The quantitative estimate of drug-likeness (QED) is 0.733. The lowest BCUT2D eigenvalue weighted by atomic mass is 10.1. The minimum absolute atomic E-state index is 0.212. The third-order valence-electron chi connectivity index (χ3n) is 1.69. The van der Waals surface area contributed by atoms with Crippen molar-refractivity contribution in [1.29, 1.82) is 0 Å². The fourth-order valence-corrected chi connectivity index (χ4v) is 1.10. The molecule has 0 fully saturated rings. The second-order valence-corrected chi connectivity index (χ2v) is 2.65. The molecule has 66 valence electrons. The summed E-state index contributed by atoms with van der Waals surface area (Å²) in [7, 11) is 1.43. The lowest BCUT2D eigenvalue weighted by Crippen LogP contribution is -2.07. The first-order valence-corrected chi connectivity index (χ1v) is 3.74. The lowest BCUT2D eigenvalue weighted by Gasteiger charge is -2.11. The number of halogens is 1. The van der Waals surface area contributed by atoms with Crippen molar-refractivity contribution in [3.63, 3.8) is 0 Å². The van der Waals surface area contributed by atoms with E-state index >= 15 is 0 Å². The van der Waals surface area contributed by atoms with Crippen LogP contribution in [0.15, 0.2) is 18.2 Å². The first-order chi connectivity index (χ1) is 5.66. The highest BCUT2D eigenvalue weighted by Gasteiger charge is 2.10. The Morgan fingerprint density at radius 2 is 2.17 bits per heavy atom. The molecule has 2 nitrogen and oxygen atoms in total. The predicted octanol–water partition coefficient (Wildman–Crippen LogP) is 1.85. The van der Waals surface area contributed by atoms with E-state index in [1.807, 2.05) is 0 Å². The summed E-state index contributed by atoms with van der Waals surface area (Å²) in [6, 6.07) is 4.52. The van der Waals surface area contributed by atoms with E-state index in [9.17, 15) is 4.39 Å². The number of hydrogen-bond donors (Lipinski definition) is 1. The zero-order chi connectivity index (χ0) is 9.14. The molecular formula is C9H12FNO. The summed E-state index contributed by atoms with van der Waals surface area (Å²) >= 11 is 0. The van der Waals surface area contributed by atoms with Crippen LogP contribution in [0.25, 0.3) is 0 Å². The van der Waals surface area contributed by atoms with Crippen LogP contribution in [0.3, 0.4) is 0 Å². The second-order valence-electron chi connectivity index (χ2n) is 2.65. The molecule has 0 heterocycles. The molecule has 0 aliphatic heterocycles. The lowest BCUT2D eigenvalue weighted by molar-refractivity contribution is 0.379. The van der Waals surface area contributed by atoms with E-state index < -0.39 is 0 Å². The summed E-state index contributed by atoms with van der Waals surface area (Å²) in [5.41, 5.74) is 6.30. The summed E-state index contributed by atoms with van der Waals surface area (Å²) in [5.74, 6) is -0.125. The Hall–Kier alpha value is -1.09. The molecule has 0 amide bonds. The summed E-state index contributed by atoms with van der Waals surface area (Å²) in [4.78, 5) is 0. The largest absolute Gasteiger partial charge is 0.493 e. The van der Waals surface area contributed by atoms with Gasteiger partial charge in [-0.1, -0.05) is 12.1 Å². The SMILES string of the molecule is COc1c(F)cccc1[C@H](C)N. The average molecular weight is 169 g/mol. The minimum Gasteiger partial charge on any atom is -0.493 e. The Labute approximate surface area is 71.1 Å². The standard InChI is InChI=1S/C9H12FNO/c1-6(11)7-4-3-5-8(10)9(7)12-2/h3-6H,11H2,1-2H3/t6-/m0/s1. The van der Waals surface area contributed by atoms with Crippen LogP contribution >= 0.6 is 0 Å². The fourth-order valence-electron chi connectivity index (χ4n) is 1.10. The van der Waals surface area contributed by atoms with Crippen molar-refractivity contribution in [2.75, 3.05) is 7.11 Å². The molecule has 0 saturated heterocycles. The van der Waals surface area contributed by atoms with Crippen molar-refractivity contribution in [2.45, 2.75) is 13.0 Å². The molecular weight excluding hydrogens is 157 g/mol. The molecule has 2 N–H and O–H groups in total. The minimum atomic E-state index is -0.368. The number of benzene rings is 1. The Morgan fingerprint density at radius 1 is 1.50 bits per heavy atom. The molecule has 1 atom stereocenters. The molecule has 12 heavy (non-hydrogen) atoms. The van der Waals surface area contributed by atoms with Crippen LogP contribution in [0, 0.1) is 5.82 Å². The smallest absolute Gasteiger partial charge is 0.165 e. The highest BCUT2D eigenvalue weighted by atomic mass is 19.1. The molecule has 0 aromatic heterocycles. The molecule has 0 radical (unpaired) electrons. The van der Waals surface area contributed by atoms with Crippen LogP contribution < -0.4 is 10.5 Å². The Bertz CT molecular complexity index is 273. The van der Waals surface area contributed by atoms with Gasteiger partial charge in [0.1, 0.15) is 0 Å². The zero-order valence-electron chi connectivity index (χ0n) is 7.17. The molecule has 1 rings (SSSR count). The molecule has 0 unspecified atom stereocenters. The molecule has 3 heteroatoms. The zero-order valence-corrected chi connectivity index (χ0v) is 7.17. The van der Waals surface area contributed by atoms with Gasteiger partial charge in [0, 0.05) is 11.6 Å². The van der Waals surface area contributed by atoms with Gasteiger partial charge in [0.25, 0.3) is 0 Å². The number of methoxy groups -OCH3 is 1. The Morgan fingerprint density at radius 3 is 2.58 bits per heavy atom. The van der Waals surface area contributed by atoms with Gasteiger partial charge < -0.3 is 10.5 Å². The van der Waals surface area contributed by atoms with E-state index in [0.29, 0.717) is 5.56 Å². The molecule has 0 saturated carbocycles. The van der Waals surface area contributed by atoms with E-state index in [1.54, 1.807) is 19.1 Å². The maximum absolute atomic E-state index is 13.0. The van der Waals surface area contributed by atoms with Crippen molar-refractivity contribution < 1.29 is 9.13 Å². The highest BCUT2D eigenvalue weighted by molar-refractivity contribution is 5.36. The monoisotopic (exact) mass is 169 g/mol. The van der Waals surface area contributed by atoms with Crippen molar-refractivity contribution in [3.05, 3.63) is 29.6 Å². The van der Waals surface area contributed by atoms with E-state index in [-0.39, 0.29) is 17.6 Å². The third-order valence-corrected chi connectivity index (χ3v) is 1.69. The van der Waals surface area contributed by atoms with E-state index in [4.69, 9.17) is 10.5 Å². The van der Waals surface area contributed by atoms with Crippen LogP contribution in [0.4, 0.5) is 4.39 Å². The summed E-state index contributed by atoms with van der Waals surface area (Å²) < 4.78 is 17.9. The maximum atomic E-state index is 13.0. The van der Waals surface area contributed by atoms with Crippen molar-refractivity contribution in [1.82, 2.24) is 0 Å². The van der Waals surface area contributed by atoms with Gasteiger partial charge >= 0.3 is 0 Å². The highest BCUT2D eigenvalue weighted by Crippen LogP contribution is 2.26. The Balaban J connectivity index is 3.18. The average Bonchev–Trinajstić information content (AvgIpc) is 2.03. The van der Waals surface area contributed by atoms with E-state index in [1.165, 1.54) is 13.2 Å². The van der Waals surface area contributed by atoms with Crippen molar-refractivity contribution in [3.8, 4) is 5.75 Å². The van der Waals surface area contributed by atoms with Crippen molar-refractivity contribution in [2.24, 2.45) is 5.73 Å². The third kappa shape index (κ3) is 1.56. The molecule has 1 aromatic carbocycles. The topological polar surface area (TPSA) is 35.2 Å². The van der Waals surface area contributed by atoms with Crippen LogP contribution in [-0.4, -0.2) is 7.11 Å². The predicted molar refractivity (Wildman–Crippen MR) is 45.6 cm³/mol. The normalized spacial score (nSPS) is 12.7. The van der Waals surface area contributed by atoms with Gasteiger partial charge in [0.05, 0.1) is 7.11 Å². The number of rotatable bonds is 2. The summed E-state index contributed by atoms with van der Waals surface area (Å²) in [6.45, 7) is 1.79. The first-order valence-electron chi connectivity index (χ1n) is 3.74. The van der Waals surface area contributed by atoms with Crippen LogP contribution in [-0.2, 0) is 0 Å². The molecule has 0 aliphatic carbocycles. The van der Waals surface area contributed by atoms with Gasteiger partial charge in [-0.2, -0.15) is 0 Å². The van der Waals surface area contributed by atoms with Crippen LogP contribution in [0.1, 0.15) is 18.5 Å². The molecule has 0 bridgehead atoms. The molecule has 0 aliphatic rings. The second kappa shape index (κ2) is 3.54. The van der Waals surface area contributed by atoms with Crippen molar-refractivity contribution >= 4 is 0 Å². The van der Waals surface area contributed by atoms with Gasteiger partial charge in [-0.15, -0.1) is 0 Å². The van der Waals surface area contributed by atoms with Gasteiger partial charge in [-0.25, -0.2) is 4.39 Å². The van der Waals surface area contributed by atoms with Gasteiger partial charge in [-0.05, 0) is 13.0 Å². The van der Waals surface area contributed by atoms with Gasteiger partial charge in [0.15, 0.2) is 11.6 Å². The number of ether oxygens (including phenoxy) is 1. The number of para-hydroxylation sites is 1. The maximum Gasteiger partial charge on any atom is 0.165 e. The summed E-state index contributed by atoms with van der Waals surface area (Å²) in [5, 5.41) is 0. The number of hydrogen-bond acceptors (Lipinski definition) is 2. The van der Waals surface area contributed by atoms with E-state index in [0.717, 1.165) is 0 Å². The van der Waals surface area contributed by atoms with E-state index in [2.05, 4.69) is 0 Å². The van der Waals surface area contributed by atoms with Crippen LogP contribution in [0.5, 0.6) is 5.75 Å².